The Kier molecular flexibility index (Phi) is 3.50. The molecule has 3 N–H and O–H groups in total. The Morgan fingerprint density at radius 2 is 1.72 bits per heavy atom. The van der Waals surface area contributed by atoms with Crippen LogP contribution in [0.2, 0.25) is 0 Å². The molecule has 0 unspecified atom stereocenters. The molecule has 2 aromatic rings. The predicted octanol–water partition coefficient (Wildman–Crippen LogP) is 1.35. The molecule has 0 atom stereocenters. The second-order valence-corrected chi connectivity index (χ2v) is 5.51. The quantitative estimate of drug-likeness (QED) is 0.726. The van der Waals surface area contributed by atoms with Crippen molar-refractivity contribution in [1.29, 1.82) is 0 Å². The molecule has 0 radical (unpaired) electrons. The fourth-order valence-corrected chi connectivity index (χ4v) is 2.64. The van der Waals surface area contributed by atoms with Crippen molar-refractivity contribution >= 4 is 29.1 Å². The van der Waals surface area contributed by atoms with Crippen molar-refractivity contribution < 1.29 is 23.9 Å². The zero-order chi connectivity index (χ0) is 17.4. The Bertz CT molecular complexity index is 909. The first-order valence-corrected chi connectivity index (χ1v) is 7.53. The second kappa shape index (κ2) is 5.82. The lowest BCUT2D eigenvalue weighted by Crippen LogP contribution is -2.22. The minimum Gasteiger partial charge on any atom is -0.454 e. The summed E-state index contributed by atoms with van der Waals surface area (Å²) in [5, 5.41) is 7.87. The van der Waals surface area contributed by atoms with Gasteiger partial charge in [0.25, 0.3) is 11.8 Å². The maximum absolute atomic E-state index is 12.1. The first kappa shape index (κ1) is 15.0. The summed E-state index contributed by atoms with van der Waals surface area (Å²) < 4.78 is 10.5. The molecule has 2 aromatic carbocycles. The second-order valence-electron chi connectivity index (χ2n) is 5.51. The third-order valence-electron chi connectivity index (χ3n) is 3.85. The fraction of sp³-hybridized carbons (Fsp3) is 0.118. The summed E-state index contributed by atoms with van der Waals surface area (Å²) in [6.45, 7) is 0.218. The van der Waals surface area contributed by atoms with E-state index in [1.54, 1.807) is 24.3 Å². The van der Waals surface area contributed by atoms with Crippen molar-refractivity contribution in [1.82, 2.24) is 5.32 Å². The Balaban J connectivity index is 1.39. The van der Waals surface area contributed by atoms with Gasteiger partial charge in [0.15, 0.2) is 11.5 Å². The third kappa shape index (κ3) is 2.85. The maximum atomic E-state index is 12.1. The Labute approximate surface area is 142 Å². The van der Waals surface area contributed by atoms with Crippen molar-refractivity contribution in [2.75, 3.05) is 24.0 Å². The molecular weight excluding hydrogens is 326 g/mol. The zero-order valence-corrected chi connectivity index (χ0v) is 12.9. The molecule has 0 aromatic heterocycles. The molecule has 126 valence electrons. The molecule has 0 saturated carbocycles. The highest BCUT2D eigenvalue weighted by atomic mass is 16.7. The van der Waals surface area contributed by atoms with Crippen molar-refractivity contribution in [2.45, 2.75) is 0 Å². The van der Waals surface area contributed by atoms with E-state index in [2.05, 4.69) is 16.0 Å². The molecular formula is C17H13N3O5. The van der Waals surface area contributed by atoms with Gasteiger partial charge in [-0.25, -0.2) is 0 Å². The van der Waals surface area contributed by atoms with E-state index in [9.17, 15) is 14.4 Å². The van der Waals surface area contributed by atoms with E-state index in [0.717, 1.165) is 5.69 Å². The van der Waals surface area contributed by atoms with Gasteiger partial charge in [0.1, 0.15) is 0 Å². The molecule has 8 nitrogen and oxygen atoms in total. The van der Waals surface area contributed by atoms with Crippen LogP contribution in [-0.4, -0.2) is 31.1 Å². The van der Waals surface area contributed by atoms with Gasteiger partial charge in [0.05, 0.1) is 17.7 Å². The lowest BCUT2D eigenvalue weighted by Gasteiger charge is -2.09. The fourth-order valence-electron chi connectivity index (χ4n) is 2.64. The van der Waals surface area contributed by atoms with Crippen LogP contribution in [0.5, 0.6) is 11.5 Å². The van der Waals surface area contributed by atoms with Crippen molar-refractivity contribution in [3.05, 3.63) is 47.5 Å². The van der Waals surface area contributed by atoms with Gasteiger partial charge >= 0.3 is 0 Å². The van der Waals surface area contributed by atoms with Gasteiger partial charge in [-0.15, -0.1) is 0 Å². The van der Waals surface area contributed by atoms with Gasteiger partial charge in [-0.1, -0.05) is 0 Å². The molecule has 8 heteroatoms. The molecule has 0 bridgehead atoms. The van der Waals surface area contributed by atoms with E-state index in [1.165, 1.54) is 12.1 Å². The van der Waals surface area contributed by atoms with E-state index in [4.69, 9.17) is 9.47 Å². The SMILES string of the molecule is O=C(CNc1ccc2c(c1)OCO2)Nc1ccc2c(c1)C(=O)NC2=O. The highest BCUT2D eigenvalue weighted by Gasteiger charge is 2.26. The minimum atomic E-state index is -0.463. The number of hydrogen-bond donors (Lipinski definition) is 3. The first-order valence-electron chi connectivity index (χ1n) is 7.53. The van der Waals surface area contributed by atoms with Crippen LogP contribution >= 0.6 is 0 Å². The molecule has 0 fully saturated rings. The molecule has 0 aliphatic carbocycles. The number of imide groups is 1. The van der Waals surface area contributed by atoms with Gasteiger partial charge in [-0.05, 0) is 30.3 Å². The number of amides is 3. The molecule has 25 heavy (non-hydrogen) atoms. The molecule has 0 spiro atoms. The summed E-state index contributed by atoms with van der Waals surface area (Å²) in [6, 6.07) is 9.87. The Hall–Kier alpha value is -3.55. The summed E-state index contributed by atoms with van der Waals surface area (Å²) in [4.78, 5) is 35.2. The molecule has 4 rings (SSSR count). The minimum absolute atomic E-state index is 0.0296. The lowest BCUT2D eigenvalue weighted by molar-refractivity contribution is -0.114. The van der Waals surface area contributed by atoms with Crippen LogP contribution in [0.25, 0.3) is 0 Å². The van der Waals surface area contributed by atoms with Gasteiger partial charge in [-0.2, -0.15) is 0 Å². The highest BCUT2D eigenvalue weighted by Crippen LogP contribution is 2.34. The van der Waals surface area contributed by atoms with Crippen LogP contribution in [0, 0.1) is 0 Å². The number of carbonyl (C=O) groups is 3. The number of anilines is 2. The van der Waals surface area contributed by atoms with E-state index >= 15 is 0 Å². The normalized spacial score (nSPS) is 14.1. The Morgan fingerprint density at radius 1 is 0.960 bits per heavy atom. The summed E-state index contributed by atoms with van der Waals surface area (Å²) in [7, 11) is 0. The highest BCUT2D eigenvalue weighted by molar-refractivity contribution is 6.22. The van der Waals surface area contributed by atoms with E-state index in [-0.39, 0.29) is 24.8 Å². The third-order valence-corrected chi connectivity index (χ3v) is 3.85. The van der Waals surface area contributed by atoms with E-state index in [0.29, 0.717) is 22.7 Å². The predicted molar refractivity (Wildman–Crippen MR) is 87.9 cm³/mol. The lowest BCUT2D eigenvalue weighted by atomic mass is 10.1. The number of fused-ring (bicyclic) bond motifs is 2. The number of benzene rings is 2. The summed E-state index contributed by atoms with van der Waals surface area (Å²) in [5.41, 5.74) is 1.73. The molecule has 2 aliphatic rings. The van der Waals surface area contributed by atoms with Gasteiger partial charge in [0, 0.05) is 17.4 Å². The average Bonchev–Trinajstić information content (AvgIpc) is 3.17. The smallest absolute Gasteiger partial charge is 0.259 e. The van der Waals surface area contributed by atoms with Crippen LogP contribution in [0.1, 0.15) is 20.7 Å². The van der Waals surface area contributed by atoms with E-state index in [1.807, 2.05) is 0 Å². The summed E-state index contributed by atoms with van der Waals surface area (Å²) in [6.07, 6.45) is 0. The number of carbonyl (C=O) groups excluding carboxylic acids is 3. The van der Waals surface area contributed by atoms with Crippen LogP contribution in [0.3, 0.4) is 0 Å². The number of hydrogen-bond acceptors (Lipinski definition) is 6. The topological polar surface area (TPSA) is 106 Å². The van der Waals surface area contributed by atoms with Gasteiger partial charge in [0.2, 0.25) is 12.7 Å². The molecule has 3 amide bonds. The van der Waals surface area contributed by atoms with Crippen LogP contribution in [-0.2, 0) is 4.79 Å². The van der Waals surface area contributed by atoms with E-state index < -0.39 is 11.8 Å². The van der Waals surface area contributed by atoms with Crippen molar-refractivity contribution in [3.8, 4) is 11.5 Å². The maximum Gasteiger partial charge on any atom is 0.259 e. The van der Waals surface area contributed by atoms with Gasteiger partial charge in [-0.3, -0.25) is 19.7 Å². The molecule has 0 saturated heterocycles. The van der Waals surface area contributed by atoms with Crippen molar-refractivity contribution in [2.24, 2.45) is 0 Å². The standard InChI is InChI=1S/C17H13N3O5/c21-15(7-18-9-2-4-13-14(6-9)25-8-24-13)19-10-1-3-11-12(5-10)17(23)20-16(11)22/h1-6,18H,7-8H2,(H,19,21)(H,20,22,23). The van der Waals surface area contributed by atoms with Crippen LogP contribution in [0.15, 0.2) is 36.4 Å². The Morgan fingerprint density at radius 3 is 2.60 bits per heavy atom. The zero-order valence-electron chi connectivity index (χ0n) is 12.9. The monoisotopic (exact) mass is 339 g/mol. The van der Waals surface area contributed by atoms with Crippen LogP contribution < -0.4 is 25.4 Å². The van der Waals surface area contributed by atoms with Crippen molar-refractivity contribution in [3.63, 3.8) is 0 Å². The first-order chi connectivity index (χ1) is 12.1. The number of rotatable bonds is 4. The van der Waals surface area contributed by atoms with Crippen LogP contribution in [0.4, 0.5) is 11.4 Å². The van der Waals surface area contributed by atoms with Gasteiger partial charge < -0.3 is 20.1 Å². The molecule has 2 aliphatic heterocycles. The molecule has 2 heterocycles. The average molecular weight is 339 g/mol. The summed E-state index contributed by atoms with van der Waals surface area (Å²) in [5.74, 6) is 0.111. The number of ether oxygens (including phenoxy) is 2. The number of nitrogens with one attached hydrogen (secondary N) is 3. The summed E-state index contributed by atoms with van der Waals surface area (Å²) >= 11 is 0. The largest absolute Gasteiger partial charge is 0.454 e.